The molecule has 0 aliphatic rings. The Hall–Kier alpha value is -2.02. The summed E-state index contributed by atoms with van der Waals surface area (Å²) in [5.41, 5.74) is 6.30. The monoisotopic (exact) mass is 251 g/mol. The lowest BCUT2D eigenvalue weighted by atomic mass is 10.4. The van der Waals surface area contributed by atoms with Gasteiger partial charge in [-0.25, -0.2) is 4.98 Å². The van der Waals surface area contributed by atoms with Gasteiger partial charge in [0, 0.05) is 6.20 Å². The van der Waals surface area contributed by atoms with Gasteiger partial charge in [0.2, 0.25) is 0 Å². The highest BCUT2D eigenvalue weighted by atomic mass is 32.2. The van der Waals surface area contributed by atoms with Gasteiger partial charge in [0.05, 0.1) is 17.5 Å². The van der Waals surface area contributed by atoms with Crippen molar-refractivity contribution in [3.8, 4) is 0 Å². The summed E-state index contributed by atoms with van der Waals surface area (Å²) < 4.78 is 5.02. The summed E-state index contributed by atoms with van der Waals surface area (Å²) in [6.45, 7) is 0. The summed E-state index contributed by atoms with van der Waals surface area (Å²) in [5.74, 6) is 0.719. The average molecular weight is 251 g/mol. The highest BCUT2D eigenvalue weighted by Gasteiger charge is 2.12. The lowest BCUT2D eigenvalue weighted by Crippen LogP contribution is -1.90. The van der Waals surface area contributed by atoms with Crippen molar-refractivity contribution in [3.05, 3.63) is 46.3 Å². The predicted octanol–water partition coefficient (Wildman–Crippen LogP) is 2.46. The fourth-order valence-corrected chi connectivity index (χ4v) is 2.01. The molecule has 17 heavy (non-hydrogen) atoms. The molecule has 2 N–H and O–H groups in total. The number of nitrogens with two attached hydrogens (primary N) is 1. The third-order valence-electron chi connectivity index (χ3n) is 1.98. The highest BCUT2D eigenvalue weighted by molar-refractivity contribution is 7.98. The minimum Gasteiger partial charge on any atom is -0.405 e. The summed E-state index contributed by atoms with van der Waals surface area (Å²) in [4.78, 5) is 13.9. The van der Waals surface area contributed by atoms with E-state index in [2.05, 4.69) is 4.98 Å². The zero-order chi connectivity index (χ0) is 12.3. The Morgan fingerprint density at radius 1 is 1.47 bits per heavy atom. The van der Waals surface area contributed by atoms with E-state index in [1.165, 1.54) is 17.8 Å². The van der Waals surface area contributed by atoms with E-state index in [1.807, 2.05) is 0 Å². The molecule has 2 aromatic rings. The number of pyridine rings is 1. The maximum atomic E-state index is 10.4. The molecule has 0 amide bonds. The van der Waals surface area contributed by atoms with Gasteiger partial charge in [0.1, 0.15) is 15.7 Å². The number of aromatic nitrogens is 1. The Balaban J connectivity index is 2.02. The van der Waals surface area contributed by atoms with Crippen LogP contribution >= 0.6 is 11.8 Å². The number of nitro groups is 1. The zero-order valence-corrected chi connectivity index (χ0v) is 9.52. The summed E-state index contributed by atoms with van der Waals surface area (Å²) in [6, 6.07) is 6.40. The van der Waals surface area contributed by atoms with Gasteiger partial charge in [-0.2, -0.15) is 0 Å². The molecule has 0 atom stereocenters. The first kappa shape index (κ1) is 11.5. The van der Waals surface area contributed by atoms with E-state index in [0.717, 1.165) is 0 Å². The Kier molecular flexibility index (Phi) is 3.29. The van der Waals surface area contributed by atoms with Gasteiger partial charge in [-0.15, -0.1) is 0 Å². The number of rotatable bonds is 4. The maximum Gasteiger partial charge on any atom is 0.433 e. The van der Waals surface area contributed by atoms with Crippen LogP contribution in [-0.2, 0) is 5.75 Å². The highest BCUT2D eigenvalue weighted by Crippen LogP contribution is 2.27. The third-order valence-corrected chi connectivity index (χ3v) is 3.02. The van der Waals surface area contributed by atoms with Crippen LogP contribution in [-0.4, -0.2) is 9.91 Å². The van der Waals surface area contributed by atoms with Crippen LogP contribution in [0.1, 0.15) is 5.76 Å². The van der Waals surface area contributed by atoms with E-state index in [4.69, 9.17) is 10.2 Å². The van der Waals surface area contributed by atoms with Gasteiger partial charge in [-0.3, -0.25) is 10.1 Å². The zero-order valence-electron chi connectivity index (χ0n) is 8.70. The lowest BCUT2D eigenvalue weighted by Gasteiger charge is -2.01. The van der Waals surface area contributed by atoms with Crippen molar-refractivity contribution < 1.29 is 9.34 Å². The smallest absolute Gasteiger partial charge is 0.405 e. The molecule has 6 nitrogen and oxygen atoms in total. The molecule has 7 heteroatoms. The van der Waals surface area contributed by atoms with E-state index in [-0.39, 0.29) is 5.88 Å². The summed E-state index contributed by atoms with van der Waals surface area (Å²) in [7, 11) is 0. The van der Waals surface area contributed by atoms with Crippen molar-refractivity contribution in [1.82, 2.24) is 4.98 Å². The lowest BCUT2D eigenvalue weighted by molar-refractivity contribution is -0.402. The molecular formula is C10H9N3O3S. The van der Waals surface area contributed by atoms with E-state index >= 15 is 0 Å². The molecule has 0 fully saturated rings. The van der Waals surface area contributed by atoms with Crippen LogP contribution < -0.4 is 5.73 Å². The van der Waals surface area contributed by atoms with Crippen molar-refractivity contribution in [2.45, 2.75) is 10.8 Å². The number of nitrogens with zero attached hydrogens (tertiary/aromatic N) is 2. The number of hydrogen-bond donors (Lipinski definition) is 1. The van der Waals surface area contributed by atoms with E-state index in [0.29, 0.717) is 22.2 Å². The number of hydrogen-bond acceptors (Lipinski definition) is 6. The molecule has 0 saturated heterocycles. The standard InChI is InChI=1S/C10H9N3O3S/c11-8-2-1-5-12-10(8)17-6-7-3-4-9(16-7)13(14)15/h1-5H,6,11H2. The van der Waals surface area contributed by atoms with Gasteiger partial charge in [0.15, 0.2) is 0 Å². The first-order chi connectivity index (χ1) is 8.16. The van der Waals surface area contributed by atoms with Gasteiger partial charge >= 0.3 is 5.88 Å². The molecule has 88 valence electrons. The molecule has 0 aliphatic carbocycles. The molecule has 0 spiro atoms. The normalized spacial score (nSPS) is 10.4. The molecule has 0 unspecified atom stereocenters. The SMILES string of the molecule is Nc1cccnc1SCc1ccc([N+](=O)[O-])o1. The second-order valence-corrected chi connectivity index (χ2v) is 4.15. The molecule has 0 aromatic carbocycles. The summed E-state index contributed by atoms with van der Waals surface area (Å²) in [6.07, 6.45) is 1.64. The molecule has 2 aromatic heterocycles. The van der Waals surface area contributed by atoms with Crippen LogP contribution in [0.25, 0.3) is 0 Å². The number of furan rings is 1. The summed E-state index contributed by atoms with van der Waals surface area (Å²) >= 11 is 1.37. The van der Waals surface area contributed by atoms with Crippen molar-refractivity contribution >= 4 is 23.3 Å². The second kappa shape index (κ2) is 4.88. The third kappa shape index (κ3) is 2.76. The van der Waals surface area contributed by atoms with Crippen LogP contribution in [0.15, 0.2) is 39.9 Å². The number of nitrogen functional groups attached to an aromatic ring is 1. The van der Waals surface area contributed by atoms with Crippen molar-refractivity contribution in [2.75, 3.05) is 5.73 Å². The topological polar surface area (TPSA) is 95.2 Å². The Bertz CT molecular complexity index is 541. The van der Waals surface area contributed by atoms with Crippen LogP contribution in [0.5, 0.6) is 0 Å². The molecule has 2 rings (SSSR count). The van der Waals surface area contributed by atoms with E-state index in [9.17, 15) is 10.1 Å². The molecule has 2 heterocycles. The maximum absolute atomic E-state index is 10.4. The van der Waals surface area contributed by atoms with E-state index in [1.54, 1.807) is 24.4 Å². The number of thioether (sulfide) groups is 1. The minimum absolute atomic E-state index is 0.255. The van der Waals surface area contributed by atoms with Gasteiger partial charge in [-0.05, 0) is 18.2 Å². The van der Waals surface area contributed by atoms with Crippen LogP contribution in [0.4, 0.5) is 11.6 Å². The van der Waals surface area contributed by atoms with Crippen molar-refractivity contribution in [3.63, 3.8) is 0 Å². The quantitative estimate of drug-likeness (QED) is 0.509. The fourth-order valence-electron chi connectivity index (χ4n) is 1.21. The average Bonchev–Trinajstić information content (AvgIpc) is 2.77. The Morgan fingerprint density at radius 3 is 2.94 bits per heavy atom. The Morgan fingerprint density at radius 2 is 2.29 bits per heavy atom. The number of anilines is 1. The van der Waals surface area contributed by atoms with Crippen LogP contribution in [0.3, 0.4) is 0 Å². The van der Waals surface area contributed by atoms with Crippen LogP contribution in [0.2, 0.25) is 0 Å². The minimum atomic E-state index is -0.566. The van der Waals surface area contributed by atoms with Gasteiger partial charge < -0.3 is 10.2 Å². The molecule has 0 bridgehead atoms. The second-order valence-electron chi connectivity index (χ2n) is 3.18. The largest absolute Gasteiger partial charge is 0.433 e. The van der Waals surface area contributed by atoms with Crippen molar-refractivity contribution in [2.24, 2.45) is 0 Å². The first-order valence-corrected chi connectivity index (χ1v) is 5.72. The molecule has 0 aliphatic heterocycles. The first-order valence-electron chi connectivity index (χ1n) is 4.73. The molecular weight excluding hydrogens is 242 g/mol. The van der Waals surface area contributed by atoms with Gasteiger partial charge in [0.25, 0.3) is 0 Å². The molecule has 0 radical (unpaired) electrons. The van der Waals surface area contributed by atoms with Crippen LogP contribution in [0, 0.1) is 10.1 Å². The molecule has 0 saturated carbocycles. The fraction of sp³-hybridized carbons (Fsp3) is 0.100. The summed E-state index contributed by atoms with van der Waals surface area (Å²) in [5, 5.41) is 11.1. The van der Waals surface area contributed by atoms with Gasteiger partial charge in [-0.1, -0.05) is 11.8 Å². The van der Waals surface area contributed by atoms with E-state index < -0.39 is 4.92 Å². The predicted molar refractivity (Wildman–Crippen MR) is 63.6 cm³/mol. The Labute approximate surface area is 101 Å². The van der Waals surface area contributed by atoms with Crippen molar-refractivity contribution in [1.29, 1.82) is 0 Å².